The van der Waals surface area contributed by atoms with Gasteiger partial charge in [-0.15, -0.1) is 0 Å². The van der Waals surface area contributed by atoms with E-state index < -0.39 is 22.5 Å². The van der Waals surface area contributed by atoms with Crippen LogP contribution in [0.15, 0.2) is 70.0 Å². The van der Waals surface area contributed by atoms with Crippen LogP contribution in [0.2, 0.25) is 15.1 Å². The number of carbonyl (C=O) groups is 1. The van der Waals surface area contributed by atoms with E-state index in [4.69, 9.17) is 34.8 Å². The third-order valence-electron chi connectivity index (χ3n) is 4.29. The van der Waals surface area contributed by atoms with Gasteiger partial charge in [0.15, 0.2) is 0 Å². The molecule has 0 bridgehead atoms. The second kappa shape index (κ2) is 9.79. The number of carbonyl (C=O) groups excluding carboxylic acids is 1. The van der Waals surface area contributed by atoms with Gasteiger partial charge >= 0.3 is 0 Å². The molecule has 1 amide bonds. The molecule has 10 heteroatoms. The molecule has 162 valence electrons. The van der Waals surface area contributed by atoms with Crippen LogP contribution < -0.4 is 9.62 Å². The number of benzene rings is 3. The lowest BCUT2D eigenvalue weighted by Gasteiger charge is -2.24. The molecule has 0 saturated carbocycles. The molecule has 0 aliphatic rings. The van der Waals surface area contributed by atoms with Gasteiger partial charge in [0.2, 0.25) is 5.91 Å². The van der Waals surface area contributed by atoms with Gasteiger partial charge in [-0.1, -0.05) is 52.5 Å². The number of anilines is 2. The molecule has 0 fully saturated rings. The summed E-state index contributed by atoms with van der Waals surface area (Å²) in [7, 11) is -4.07. The van der Waals surface area contributed by atoms with Gasteiger partial charge in [0.25, 0.3) is 10.0 Å². The minimum Gasteiger partial charge on any atom is -0.324 e. The summed E-state index contributed by atoms with van der Waals surface area (Å²) >= 11 is 21.4. The molecule has 0 aliphatic heterocycles. The maximum Gasteiger partial charge on any atom is 0.264 e. The zero-order valence-corrected chi connectivity index (χ0v) is 20.7. The number of amides is 1. The highest BCUT2D eigenvalue weighted by molar-refractivity contribution is 9.10. The third-order valence-corrected chi connectivity index (χ3v) is 8.05. The van der Waals surface area contributed by atoms with E-state index in [0.29, 0.717) is 15.2 Å². The molecule has 0 aliphatic carbocycles. The van der Waals surface area contributed by atoms with Gasteiger partial charge in [-0.25, -0.2) is 8.42 Å². The van der Waals surface area contributed by atoms with E-state index in [9.17, 15) is 13.2 Å². The smallest absolute Gasteiger partial charge is 0.264 e. The van der Waals surface area contributed by atoms with Crippen molar-refractivity contribution in [1.82, 2.24) is 0 Å². The predicted octanol–water partition coefficient (Wildman–Crippen LogP) is 6.55. The predicted molar refractivity (Wildman–Crippen MR) is 130 cm³/mol. The van der Waals surface area contributed by atoms with Crippen molar-refractivity contribution in [2.75, 3.05) is 16.2 Å². The fourth-order valence-corrected chi connectivity index (χ4v) is 4.83. The van der Waals surface area contributed by atoms with Gasteiger partial charge in [0, 0.05) is 10.2 Å². The number of hydrogen-bond acceptors (Lipinski definition) is 3. The molecule has 3 aromatic rings. The maximum atomic E-state index is 13.4. The molecule has 0 heterocycles. The fourth-order valence-electron chi connectivity index (χ4n) is 2.70. The van der Waals surface area contributed by atoms with Crippen molar-refractivity contribution in [2.24, 2.45) is 0 Å². The number of aryl methyl sites for hydroxylation is 1. The molecule has 0 atom stereocenters. The van der Waals surface area contributed by atoms with Crippen LogP contribution in [-0.2, 0) is 14.8 Å². The zero-order valence-electron chi connectivity index (χ0n) is 16.1. The summed E-state index contributed by atoms with van der Waals surface area (Å²) in [6.45, 7) is 1.37. The van der Waals surface area contributed by atoms with Crippen molar-refractivity contribution in [3.05, 3.63) is 85.8 Å². The Morgan fingerprint density at radius 2 is 1.61 bits per heavy atom. The Hall–Kier alpha value is -1.77. The van der Waals surface area contributed by atoms with Crippen LogP contribution in [0.4, 0.5) is 11.4 Å². The van der Waals surface area contributed by atoms with Crippen LogP contribution in [0.25, 0.3) is 0 Å². The Balaban J connectivity index is 1.97. The first-order valence-electron chi connectivity index (χ1n) is 8.87. The lowest BCUT2D eigenvalue weighted by molar-refractivity contribution is -0.114. The highest BCUT2D eigenvalue weighted by Gasteiger charge is 2.27. The van der Waals surface area contributed by atoms with Crippen molar-refractivity contribution in [3.8, 4) is 0 Å². The molecule has 31 heavy (non-hydrogen) atoms. The third kappa shape index (κ3) is 5.73. The summed E-state index contributed by atoms with van der Waals surface area (Å²) in [6, 6.07) is 15.6. The number of nitrogens with zero attached hydrogens (tertiary/aromatic N) is 1. The normalized spacial score (nSPS) is 11.3. The molecule has 3 rings (SSSR count). The van der Waals surface area contributed by atoms with E-state index in [1.54, 1.807) is 30.3 Å². The Bertz CT molecular complexity index is 1240. The van der Waals surface area contributed by atoms with Crippen LogP contribution >= 0.6 is 50.7 Å². The Kier molecular flexibility index (Phi) is 7.55. The lowest BCUT2D eigenvalue weighted by Crippen LogP contribution is -2.38. The quantitative estimate of drug-likeness (QED) is 0.371. The molecular formula is C21H16BrCl3N2O3S. The average Bonchev–Trinajstić information content (AvgIpc) is 2.71. The topological polar surface area (TPSA) is 66.5 Å². The summed E-state index contributed by atoms with van der Waals surface area (Å²) in [5, 5.41) is 3.51. The van der Waals surface area contributed by atoms with Gasteiger partial charge in [-0.2, -0.15) is 0 Å². The SMILES string of the molecule is Cc1ccc(S(=O)(=O)N(CC(=O)Nc2ccc(Br)c(Cl)c2)c2ccc(Cl)c(Cl)c2)cc1. The van der Waals surface area contributed by atoms with Crippen LogP contribution in [0.5, 0.6) is 0 Å². The number of nitrogens with one attached hydrogen (secondary N) is 1. The minimum atomic E-state index is -4.07. The summed E-state index contributed by atoms with van der Waals surface area (Å²) in [6.07, 6.45) is 0. The molecular weight excluding hydrogens is 547 g/mol. The van der Waals surface area contributed by atoms with E-state index in [1.165, 1.54) is 30.3 Å². The van der Waals surface area contributed by atoms with Crippen molar-refractivity contribution >= 4 is 78.0 Å². The van der Waals surface area contributed by atoms with Crippen LogP contribution in [0.1, 0.15) is 5.56 Å². The second-order valence-electron chi connectivity index (χ2n) is 6.60. The first-order chi connectivity index (χ1) is 14.6. The Morgan fingerprint density at radius 1 is 0.935 bits per heavy atom. The van der Waals surface area contributed by atoms with E-state index in [-0.39, 0.29) is 20.6 Å². The summed E-state index contributed by atoms with van der Waals surface area (Å²) in [5.74, 6) is -0.555. The molecule has 0 saturated heterocycles. The van der Waals surface area contributed by atoms with E-state index in [0.717, 1.165) is 9.87 Å². The van der Waals surface area contributed by atoms with Gasteiger partial charge in [0.05, 0.1) is 25.7 Å². The highest BCUT2D eigenvalue weighted by atomic mass is 79.9. The zero-order chi connectivity index (χ0) is 22.8. The Labute approximate surface area is 204 Å². The van der Waals surface area contributed by atoms with Crippen molar-refractivity contribution in [3.63, 3.8) is 0 Å². The molecule has 0 radical (unpaired) electrons. The van der Waals surface area contributed by atoms with Crippen molar-refractivity contribution in [1.29, 1.82) is 0 Å². The second-order valence-corrected chi connectivity index (χ2v) is 10.5. The van der Waals surface area contributed by atoms with E-state index >= 15 is 0 Å². The van der Waals surface area contributed by atoms with Gasteiger partial charge in [0.1, 0.15) is 6.54 Å². The number of halogens is 4. The lowest BCUT2D eigenvalue weighted by atomic mass is 10.2. The van der Waals surface area contributed by atoms with E-state index in [2.05, 4.69) is 21.2 Å². The first kappa shape index (κ1) is 23.9. The number of hydrogen-bond donors (Lipinski definition) is 1. The minimum absolute atomic E-state index is 0.0451. The van der Waals surface area contributed by atoms with Crippen molar-refractivity contribution in [2.45, 2.75) is 11.8 Å². The molecule has 0 aromatic heterocycles. The highest BCUT2D eigenvalue weighted by Crippen LogP contribution is 2.31. The maximum absolute atomic E-state index is 13.4. The largest absolute Gasteiger partial charge is 0.324 e. The standard InChI is InChI=1S/C21H16BrCl3N2O3S/c1-13-2-6-16(7-3-13)31(29,30)27(15-5-9-18(23)20(25)11-15)12-21(28)26-14-4-8-17(22)19(24)10-14/h2-11H,12H2,1H3,(H,26,28). The number of sulfonamides is 1. The monoisotopic (exact) mass is 560 g/mol. The van der Waals surface area contributed by atoms with Gasteiger partial charge in [-0.05, 0) is 71.4 Å². The number of rotatable bonds is 6. The van der Waals surface area contributed by atoms with Gasteiger partial charge in [-0.3, -0.25) is 9.10 Å². The van der Waals surface area contributed by atoms with Gasteiger partial charge < -0.3 is 5.32 Å². The van der Waals surface area contributed by atoms with Crippen LogP contribution in [0.3, 0.4) is 0 Å². The molecule has 1 N–H and O–H groups in total. The summed E-state index contributed by atoms with van der Waals surface area (Å²) in [4.78, 5) is 12.8. The van der Waals surface area contributed by atoms with E-state index in [1.807, 2.05) is 6.92 Å². The average molecular weight is 563 g/mol. The van der Waals surface area contributed by atoms with Crippen LogP contribution in [-0.4, -0.2) is 20.9 Å². The molecule has 5 nitrogen and oxygen atoms in total. The Morgan fingerprint density at radius 3 is 2.23 bits per heavy atom. The fraction of sp³-hybridized carbons (Fsp3) is 0.0952. The summed E-state index contributed by atoms with van der Waals surface area (Å²) in [5.41, 5.74) is 1.55. The summed E-state index contributed by atoms with van der Waals surface area (Å²) < 4.78 is 28.4. The molecule has 0 spiro atoms. The van der Waals surface area contributed by atoms with Crippen LogP contribution in [0, 0.1) is 6.92 Å². The molecule has 0 unspecified atom stereocenters. The first-order valence-corrected chi connectivity index (χ1v) is 12.2. The molecule has 3 aromatic carbocycles. The van der Waals surface area contributed by atoms with Crippen molar-refractivity contribution < 1.29 is 13.2 Å².